The first kappa shape index (κ1) is 27.2. The summed E-state index contributed by atoms with van der Waals surface area (Å²) in [4.78, 5) is 0. The molecule has 0 radical (unpaired) electrons. The molecule has 1 atom stereocenters. The Hall–Kier alpha value is -2.00. The van der Waals surface area contributed by atoms with Crippen molar-refractivity contribution in [3.8, 4) is 5.75 Å². The van der Waals surface area contributed by atoms with Gasteiger partial charge in [-0.05, 0) is 49.7 Å². The van der Waals surface area contributed by atoms with Gasteiger partial charge in [-0.15, -0.1) is 0 Å². The summed E-state index contributed by atoms with van der Waals surface area (Å²) < 4.78 is 39.5. The van der Waals surface area contributed by atoms with Gasteiger partial charge in [0.15, 0.2) is 0 Å². The molecule has 0 amide bonds. The number of ether oxygens (including phenoxy) is 2. The number of nitrogens with two attached hydrogens (primary N) is 1. The summed E-state index contributed by atoms with van der Waals surface area (Å²) in [6.07, 6.45) is 2.87. The normalized spacial score (nSPS) is 12.4. The van der Waals surface area contributed by atoms with E-state index in [1.165, 1.54) is 4.31 Å². The summed E-state index contributed by atoms with van der Waals surface area (Å²) >= 11 is 5.90. The number of hydrogen-bond donors (Lipinski definition) is 2. The maximum Gasteiger partial charge on any atom is 0.237 e. The van der Waals surface area contributed by atoms with Gasteiger partial charge >= 0.3 is 0 Å². The van der Waals surface area contributed by atoms with Crippen molar-refractivity contribution < 1.29 is 17.9 Å². The number of sulfonamides is 1. The van der Waals surface area contributed by atoms with Crippen LogP contribution in [0.1, 0.15) is 39.5 Å². The van der Waals surface area contributed by atoms with Crippen molar-refractivity contribution >= 4 is 33.0 Å². The minimum Gasteiger partial charge on any atom is -0.492 e. The summed E-state index contributed by atoms with van der Waals surface area (Å²) in [5.74, 6) is 0.784. The van der Waals surface area contributed by atoms with E-state index in [2.05, 4.69) is 12.2 Å². The molecule has 0 fully saturated rings. The summed E-state index contributed by atoms with van der Waals surface area (Å²) in [6.45, 7) is 5.31. The molecule has 0 spiro atoms. The van der Waals surface area contributed by atoms with Crippen molar-refractivity contribution in [3.63, 3.8) is 0 Å². The second-order valence-corrected chi connectivity index (χ2v) is 10.1. The van der Waals surface area contributed by atoms with Crippen molar-refractivity contribution in [1.29, 1.82) is 0 Å². The van der Waals surface area contributed by atoms with Crippen molar-refractivity contribution in [2.45, 2.75) is 45.8 Å². The zero-order chi connectivity index (χ0) is 24.1. The van der Waals surface area contributed by atoms with Crippen LogP contribution in [0.15, 0.2) is 48.5 Å². The second-order valence-electron chi connectivity index (χ2n) is 7.68. The molecule has 0 heterocycles. The first-order chi connectivity index (χ1) is 15.9. The molecule has 0 aliphatic rings. The molecule has 1 unspecified atom stereocenters. The second kappa shape index (κ2) is 14.3. The van der Waals surface area contributed by atoms with Crippen molar-refractivity contribution in [2.24, 2.45) is 5.73 Å². The quantitative estimate of drug-likeness (QED) is 0.254. The number of hydrogen-bond acceptors (Lipinski definition) is 6. The number of nitrogens with zero attached hydrogens (tertiary/aromatic N) is 1. The lowest BCUT2D eigenvalue weighted by molar-refractivity contribution is 0.0802. The average Bonchev–Trinajstić information content (AvgIpc) is 2.80. The van der Waals surface area contributed by atoms with Crippen LogP contribution in [0.2, 0.25) is 5.02 Å². The zero-order valence-corrected chi connectivity index (χ0v) is 21.1. The van der Waals surface area contributed by atoms with Crippen LogP contribution in [0, 0.1) is 0 Å². The Bertz CT molecular complexity index is 926. The molecule has 7 nitrogen and oxygen atoms in total. The molecule has 0 bridgehead atoms. The number of anilines is 2. The van der Waals surface area contributed by atoms with Crippen LogP contribution < -0.4 is 20.1 Å². The highest BCUT2D eigenvalue weighted by Crippen LogP contribution is 2.31. The number of nitrogens with one attached hydrogen (secondary N) is 1. The topological polar surface area (TPSA) is 93.9 Å². The lowest BCUT2D eigenvalue weighted by Gasteiger charge is -2.32. The van der Waals surface area contributed by atoms with Crippen LogP contribution in [-0.4, -0.2) is 46.7 Å². The van der Waals surface area contributed by atoms with E-state index in [0.717, 1.165) is 25.0 Å². The van der Waals surface area contributed by atoms with E-state index < -0.39 is 16.3 Å². The highest BCUT2D eigenvalue weighted by atomic mass is 35.5. The fraction of sp³-hybridized carbons (Fsp3) is 0.500. The molecule has 0 aliphatic heterocycles. The molecule has 33 heavy (non-hydrogen) atoms. The molecule has 0 saturated heterocycles. The van der Waals surface area contributed by atoms with Crippen LogP contribution in [0.25, 0.3) is 0 Å². The van der Waals surface area contributed by atoms with Crippen molar-refractivity contribution in [2.75, 3.05) is 41.7 Å². The van der Waals surface area contributed by atoms with E-state index in [-0.39, 0.29) is 12.4 Å². The van der Waals surface area contributed by atoms with Gasteiger partial charge < -0.3 is 20.5 Å². The van der Waals surface area contributed by atoms with Gasteiger partial charge in [-0.1, -0.05) is 49.9 Å². The van der Waals surface area contributed by atoms with Crippen LogP contribution in [0.4, 0.5) is 11.4 Å². The number of para-hydroxylation sites is 2. The first-order valence-corrected chi connectivity index (χ1v) is 13.4. The Morgan fingerprint density at radius 1 is 1.06 bits per heavy atom. The fourth-order valence-electron chi connectivity index (χ4n) is 3.39. The van der Waals surface area contributed by atoms with Crippen LogP contribution >= 0.6 is 11.6 Å². The van der Waals surface area contributed by atoms with Gasteiger partial charge in [0, 0.05) is 18.1 Å². The minimum absolute atomic E-state index is 0.0668. The van der Waals surface area contributed by atoms with Crippen LogP contribution in [0.5, 0.6) is 5.75 Å². The lowest BCUT2D eigenvalue weighted by Crippen LogP contribution is -2.42. The number of benzene rings is 2. The highest BCUT2D eigenvalue weighted by Gasteiger charge is 2.29. The Labute approximate surface area is 203 Å². The van der Waals surface area contributed by atoms with E-state index in [0.29, 0.717) is 42.5 Å². The molecular formula is C24H36ClN3O4S. The highest BCUT2D eigenvalue weighted by molar-refractivity contribution is 7.92. The molecule has 2 aromatic rings. The van der Waals surface area contributed by atoms with E-state index in [1.807, 2.05) is 18.2 Å². The van der Waals surface area contributed by atoms with Crippen LogP contribution in [-0.2, 0) is 14.8 Å². The molecule has 0 aliphatic carbocycles. The van der Waals surface area contributed by atoms with Gasteiger partial charge in [-0.25, -0.2) is 12.7 Å². The average molecular weight is 498 g/mol. The molecule has 184 valence electrons. The molecule has 3 N–H and O–H groups in total. The maximum atomic E-state index is 13.3. The van der Waals surface area contributed by atoms with Gasteiger partial charge in [0.1, 0.15) is 18.6 Å². The molecular weight excluding hydrogens is 462 g/mol. The van der Waals surface area contributed by atoms with Crippen molar-refractivity contribution in [3.05, 3.63) is 53.6 Å². The molecule has 2 aromatic carbocycles. The van der Waals surface area contributed by atoms with E-state index in [1.54, 1.807) is 37.3 Å². The van der Waals surface area contributed by atoms with Gasteiger partial charge in [0.05, 0.1) is 23.7 Å². The van der Waals surface area contributed by atoms with Crippen LogP contribution in [0.3, 0.4) is 0 Å². The SMILES string of the molecule is CCCCCCS(=O)(=O)N(c1ccccc1NCCOc1ccc(Cl)cc1)C(C)OCCN. The third-order valence-corrected chi connectivity index (χ3v) is 7.15. The maximum absolute atomic E-state index is 13.3. The smallest absolute Gasteiger partial charge is 0.237 e. The van der Waals surface area contributed by atoms with E-state index >= 15 is 0 Å². The summed E-state index contributed by atoms with van der Waals surface area (Å²) in [5, 5.41) is 3.95. The van der Waals surface area contributed by atoms with E-state index in [4.69, 9.17) is 26.8 Å². The van der Waals surface area contributed by atoms with E-state index in [9.17, 15) is 8.42 Å². The van der Waals surface area contributed by atoms with Gasteiger partial charge in [-0.2, -0.15) is 0 Å². The van der Waals surface area contributed by atoms with Gasteiger partial charge in [0.2, 0.25) is 10.0 Å². The van der Waals surface area contributed by atoms with Crippen molar-refractivity contribution in [1.82, 2.24) is 0 Å². The summed E-state index contributed by atoms with van der Waals surface area (Å²) in [6, 6.07) is 14.5. The predicted octanol–water partition coefficient (Wildman–Crippen LogP) is 4.87. The number of halogens is 1. The molecule has 9 heteroatoms. The first-order valence-electron chi connectivity index (χ1n) is 11.4. The summed E-state index contributed by atoms with van der Waals surface area (Å²) in [7, 11) is -3.60. The zero-order valence-electron chi connectivity index (χ0n) is 19.5. The van der Waals surface area contributed by atoms with Gasteiger partial charge in [0.25, 0.3) is 0 Å². The Balaban J connectivity index is 2.14. The molecule has 2 rings (SSSR count). The Kier molecular flexibility index (Phi) is 11.8. The number of unbranched alkanes of at least 4 members (excludes halogenated alkanes) is 3. The third kappa shape index (κ3) is 9.04. The lowest BCUT2D eigenvalue weighted by atomic mass is 10.2. The molecule has 0 aromatic heterocycles. The minimum atomic E-state index is -3.60. The molecule has 0 saturated carbocycles. The third-order valence-electron chi connectivity index (χ3n) is 5.00. The Morgan fingerprint density at radius 2 is 1.79 bits per heavy atom. The summed E-state index contributed by atoms with van der Waals surface area (Å²) in [5.41, 5.74) is 6.82. The standard InChI is InChI=1S/C24H36ClN3O4S/c1-3-4-5-8-19-33(29,30)28(20(2)31-17-15-26)24-10-7-6-9-23(24)27-16-18-32-22-13-11-21(25)12-14-22/h6-7,9-14,20,27H,3-5,8,15-19,26H2,1-2H3. The number of rotatable bonds is 16. The fourth-order valence-corrected chi connectivity index (χ4v) is 5.25. The Morgan fingerprint density at radius 3 is 2.48 bits per heavy atom. The monoisotopic (exact) mass is 497 g/mol. The largest absolute Gasteiger partial charge is 0.492 e. The predicted molar refractivity (Wildman–Crippen MR) is 137 cm³/mol. The van der Waals surface area contributed by atoms with Gasteiger partial charge in [-0.3, -0.25) is 0 Å².